The number of ether oxygens (including phenoxy) is 1. The van der Waals surface area contributed by atoms with Gasteiger partial charge in [-0.1, -0.05) is 30.3 Å². The highest BCUT2D eigenvalue weighted by Gasteiger charge is 2.20. The number of nitrogens with one attached hydrogen (secondary N) is 1. The van der Waals surface area contributed by atoms with E-state index in [1.165, 1.54) is 11.1 Å². The number of aromatic nitrogens is 3. The number of fused-ring (bicyclic) bond motifs is 1. The quantitative estimate of drug-likeness (QED) is 0.384. The van der Waals surface area contributed by atoms with Crippen LogP contribution in [0, 0.1) is 6.92 Å². The lowest BCUT2D eigenvalue weighted by atomic mass is 10.0. The second kappa shape index (κ2) is 10.7. The number of hydrogen-bond donors (Lipinski definition) is 2. The smallest absolute Gasteiger partial charge is 0.121 e. The van der Waals surface area contributed by atoms with Crippen LogP contribution in [0.1, 0.15) is 10.7 Å². The first-order chi connectivity index (χ1) is 16.6. The molecule has 0 aliphatic carbocycles. The summed E-state index contributed by atoms with van der Waals surface area (Å²) in [7, 11) is 0. The SMILES string of the molecule is Cc1nc2cc(OC[C@@H](O)CN3CCN(CCc4n[nH]cc4-c4ccccc4)CC3)ccc2s1. The number of hydrogen-bond acceptors (Lipinski definition) is 7. The van der Waals surface area contributed by atoms with Gasteiger partial charge in [0.15, 0.2) is 0 Å². The Morgan fingerprint density at radius 1 is 1.09 bits per heavy atom. The molecule has 0 unspecified atom stereocenters. The summed E-state index contributed by atoms with van der Waals surface area (Å²) < 4.78 is 7.00. The van der Waals surface area contributed by atoms with Gasteiger partial charge in [0.05, 0.1) is 20.9 Å². The monoisotopic (exact) mass is 477 g/mol. The molecule has 178 valence electrons. The molecule has 2 aromatic carbocycles. The number of H-pyrrole nitrogens is 1. The van der Waals surface area contributed by atoms with Crippen LogP contribution in [0.25, 0.3) is 21.3 Å². The second-order valence-electron chi connectivity index (χ2n) is 8.83. The fourth-order valence-corrected chi connectivity index (χ4v) is 5.30. The number of aliphatic hydroxyl groups is 1. The molecule has 0 bridgehead atoms. The van der Waals surface area contributed by atoms with Crippen LogP contribution in [0.2, 0.25) is 0 Å². The van der Waals surface area contributed by atoms with E-state index in [9.17, 15) is 5.11 Å². The van der Waals surface area contributed by atoms with Gasteiger partial charge in [0.25, 0.3) is 0 Å². The van der Waals surface area contributed by atoms with Gasteiger partial charge < -0.3 is 14.7 Å². The predicted molar refractivity (Wildman–Crippen MR) is 136 cm³/mol. The van der Waals surface area contributed by atoms with Crippen molar-refractivity contribution in [2.75, 3.05) is 45.9 Å². The van der Waals surface area contributed by atoms with E-state index >= 15 is 0 Å². The summed E-state index contributed by atoms with van der Waals surface area (Å²) in [6.45, 7) is 7.81. The molecule has 3 heterocycles. The summed E-state index contributed by atoms with van der Waals surface area (Å²) in [5.41, 5.74) is 4.46. The predicted octanol–water partition coefficient (Wildman–Crippen LogP) is 3.59. The molecule has 7 nitrogen and oxygen atoms in total. The minimum atomic E-state index is -0.517. The number of aromatic amines is 1. The van der Waals surface area contributed by atoms with Crippen LogP contribution >= 0.6 is 11.3 Å². The minimum absolute atomic E-state index is 0.288. The Bertz CT molecular complexity index is 1200. The first-order valence-corrected chi connectivity index (χ1v) is 12.7. The van der Waals surface area contributed by atoms with Gasteiger partial charge in [-0.2, -0.15) is 5.10 Å². The highest BCUT2D eigenvalue weighted by molar-refractivity contribution is 7.18. The van der Waals surface area contributed by atoms with Gasteiger partial charge in [0, 0.05) is 63.5 Å². The number of rotatable bonds is 9. The molecule has 1 atom stereocenters. The molecule has 8 heteroatoms. The van der Waals surface area contributed by atoms with Gasteiger partial charge in [0.1, 0.15) is 18.5 Å². The fourth-order valence-electron chi connectivity index (χ4n) is 4.49. The number of piperazine rings is 1. The Balaban J connectivity index is 1.04. The number of benzene rings is 2. The number of aryl methyl sites for hydroxylation is 1. The third-order valence-electron chi connectivity index (χ3n) is 6.31. The van der Waals surface area contributed by atoms with E-state index in [0.29, 0.717) is 6.54 Å². The Kier molecular flexibility index (Phi) is 7.20. The highest BCUT2D eigenvalue weighted by Crippen LogP contribution is 2.26. The van der Waals surface area contributed by atoms with Crippen molar-refractivity contribution < 1.29 is 9.84 Å². The molecule has 34 heavy (non-hydrogen) atoms. The van der Waals surface area contributed by atoms with Crippen molar-refractivity contribution in [1.29, 1.82) is 0 Å². The second-order valence-corrected chi connectivity index (χ2v) is 10.1. The van der Waals surface area contributed by atoms with E-state index in [0.717, 1.165) is 65.8 Å². The lowest BCUT2D eigenvalue weighted by Crippen LogP contribution is -2.49. The molecule has 2 N–H and O–H groups in total. The van der Waals surface area contributed by atoms with Crippen LogP contribution in [0.3, 0.4) is 0 Å². The van der Waals surface area contributed by atoms with Crippen molar-refractivity contribution in [3.8, 4) is 16.9 Å². The molecule has 4 aromatic rings. The van der Waals surface area contributed by atoms with Gasteiger partial charge in [-0.05, 0) is 24.6 Å². The van der Waals surface area contributed by atoms with E-state index in [-0.39, 0.29) is 6.61 Å². The zero-order valence-electron chi connectivity index (χ0n) is 19.5. The third kappa shape index (κ3) is 5.64. The van der Waals surface area contributed by atoms with Gasteiger partial charge in [-0.3, -0.25) is 10.00 Å². The Labute approximate surface area is 204 Å². The third-order valence-corrected chi connectivity index (χ3v) is 7.26. The van der Waals surface area contributed by atoms with E-state index < -0.39 is 6.10 Å². The maximum absolute atomic E-state index is 10.5. The Hall–Kier alpha value is -2.78. The maximum Gasteiger partial charge on any atom is 0.121 e. The largest absolute Gasteiger partial charge is 0.491 e. The zero-order chi connectivity index (χ0) is 23.3. The first-order valence-electron chi connectivity index (χ1n) is 11.8. The molecular formula is C26H31N5O2S. The van der Waals surface area contributed by atoms with Crippen molar-refractivity contribution in [1.82, 2.24) is 25.0 Å². The summed E-state index contributed by atoms with van der Waals surface area (Å²) in [4.78, 5) is 9.31. The number of β-amino-alcohol motifs (C(OH)–C–C–N with tert-alkyl or cyclic N) is 1. The van der Waals surface area contributed by atoms with Gasteiger partial charge >= 0.3 is 0 Å². The maximum atomic E-state index is 10.5. The summed E-state index contributed by atoms with van der Waals surface area (Å²) in [5, 5.41) is 19.1. The number of aliphatic hydroxyl groups excluding tert-OH is 1. The molecule has 0 spiro atoms. The molecule has 5 rings (SSSR count). The van der Waals surface area contributed by atoms with E-state index in [2.05, 4.69) is 49.2 Å². The van der Waals surface area contributed by atoms with Gasteiger partial charge in [-0.25, -0.2) is 4.98 Å². The molecule has 0 saturated carbocycles. The molecular weight excluding hydrogens is 446 g/mol. The summed E-state index contributed by atoms with van der Waals surface area (Å²) in [5.74, 6) is 0.759. The van der Waals surface area contributed by atoms with Gasteiger partial charge in [-0.15, -0.1) is 11.3 Å². The van der Waals surface area contributed by atoms with E-state index in [4.69, 9.17) is 4.74 Å². The van der Waals surface area contributed by atoms with Crippen molar-refractivity contribution in [2.24, 2.45) is 0 Å². The topological polar surface area (TPSA) is 77.5 Å². The van der Waals surface area contributed by atoms with Crippen molar-refractivity contribution >= 4 is 21.6 Å². The average Bonchev–Trinajstić information content (AvgIpc) is 3.48. The van der Waals surface area contributed by atoms with Crippen molar-refractivity contribution in [3.63, 3.8) is 0 Å². The molecule has 2 aromatic heterocycles. The summed E-state index contributed by atoms with van der Waals surface area (Å²) in [6, 6.07) is 16.3. The molecule has 1 aliphatic rings. The lowest BCUT2D eigenvalue weighted by molar-refractivity contribution is 0.0463. The van der Waals surface area contributed by atoms with Crippen LogP contribution in [0.15, 0.2) is 54.7 Å². The van der Waals surface area contributed by atoms with Crippen LogP contribution in [-0.4, -0.2) is 82.1 Å². The Morgan fingerprint density at radius 2 is 1.88 bits per heavy atom. The number of nitrogens with zero attached hydrogens (tertiary/aromatic N) is 4. The van der Waals surface area contributed by atoms with E-state index in [1.807, 2.05) is 37.4 Å². The average molecular weight is 478 g/mol. The molecule has 0 amide bonds. The number of thiazole rings is 1. The molecule has 0 radical (unpaired) electrons. The normalized spacial score (nSPS) is 16.2. The van der Waals surface area contributed by atoms with E-state index in [1.54, 1.807) is 11.3 Å². The standard InChI is InChI=1S/C26H31N5O2S/c1-19-28-25-15-22(7-8-26(25)34-19)33-18-21(32)17-31-13-11-30(12-14-31)10-9-24-23(16-27-29-24)20-5-3-2-4-6-20/h2-8,15-16,21,32H,9-14,17-18H2,1H3,(H,27,29)/t21-/m0/s1. The Morgan fingerprint density at radius 3 is 2.71 bits per heavy atom. The molecule has 1 fully saturated rings. The van der Waals surface area contributed by atoms with Crippen LogP contribution in [0.4, 0.5) is 0 Å². The first kappa shape index (κ1) is 23.0. The molecule has 1 aliphatic heterocycles. The minimum Gasteiger partial charge on any atom is -0.491 e. The highest BCUT2D eigenvalue weighted by atomic mass is 32.1. The lowest BCUT2D eigenvalue weighted by Gasteiger charge is -2.35. The van der Waals surface area contributed by atoms with Crippen molar-refractivity contribution in [3.05, 3.63) is 65.4 Å². The molecule has 1 saturated heterocycles. The fraction of sp³-hybridized carbons (Fsp3) is 0.385. The van der Waals surface area contributed by atoms with Crippen LogP contribution < -0.4 is 4.74 Å². The summed E-state index contributed by atoms with van der Waals surface area (Å²) >= 11 is 1.68. The van der Waals surface area contributed by atoms with Crippen LogP contribution in [0.5, 0.6) is 5.75 Å². The van der Waals surface area contributed by atoms with Crippen LogP contribution in [-0.2, 0) is 6.42 Å². The summed E-state index contributed by atoms with van der Waals surface area (Å²) in [6.07, 6.45) is 2.40. The van der Waals surface area contributed by atoms with Crippen molar-refractivity contribution in [2.45, 2.75) is 19.4 Å². The van der Waals surface area contributed by atoms with Gasteiger partial charge in [0.2, 0.25) is 0 Å². The zero-order valence-corrected chi connectivity index (χ0v) is 20.3.